The molecule has 2 rings (SSSR count). The molecule has 20 heavy (non-hydrogen) atoms. The van der Waals surface area contributed by atoms with Crippen LogP contribution in [0.15, 0.2) is 24.5 Å². The average molecular weight is 277 g/mol. The summed E-state index contributed by atoms with van der Waals surface area (Å²) in [6.07, 6.45) is 3.42. The third-order valence-corrected chi connectivity index (χ3v) is 3.18. The van der Waals surface area contributed by atoms with Gasteiger partial charge in [0, 0.05) is 18.7 Å². The van der Waals surface area contributed by atoms with E-state index in [-0.39, 0.29) is 11.9 Å². The van der Waals surface area contributed by atoms with Crippen LogP contribution in [0.25, 0.3) is 0 Å². The number of hydrogen-bond acceptors (Lipinski definition) is 3. The summed E-state index contributed by atoms with van der Waals surface area (Å²) in [5, 5.41) is 7.34. The summed E-state index contributed by atoms with van der Waals surface area (Å²) >= 11 is 0. The number of benzene rings is 1. The predicted molar refractivity (Wildman–Crippen MR) is 76.5 cm³/mol. The first-order chi connectivity index (χ1) is 9.51. The van der Waals surface area contributed by atoms with Crippen molar-refractivity contribution in [3.8, 4) is 11.5 Å². The molecular weight excluding hydrogens is 257 g/mol. The Morgan fingerprint density at radius 3 is 2.80 bits per heavy atom. The van der Waals surface area contributed by atoms with E-state index < -0.39 is 0 Å². The summed E-state index contributed by atoms with van der Waals surface area (Å²) < 4.78 is 21.3. The van der Waals surface area contributed by atoms with Crippen molar-refractivity contribution in [2.24, 2.45) is 7.05 Å². The van der Waals surface area contributed by atoms with Crippen molar-refractivity contribution in [2.75, 3.05) is 6.54 Å². The van der Waals surface area contributed by atoms with Crippen LogP contribution in [0, 0.1) is 12.7 Å². The zero-order chi connectivity index (χ0) is 14.7. The Kier molecular flexibility index (Phi) is 4.39. The second-order valence-electron chi connectivity index (χ2n) is 4.87. The van der Waals surface area contributed by atoms with E-state index in [0.717, 1.165) is 12.1 Å². The SMILES string of the molecule is CCNC(C)c1cc(F)c(C)cc1Oc1cnn(C)c1. The highest BCUT2D eigenvalue weighted by atomic mass is 19.1. The van der Waals surface area contributed by atoms with Gasteiger partial charge in [0.15, 0.2) is 5.75 Å². The molecule has 0 amide bonds. The molecule has 4 nitrogen and oxygen atoms in total. The summed E-state index contributed by atoms with van der Waals surface area (Å²) in [5.74, 6) is 1.08. The molecule has 0 aliphatic heterocycles. The van der Waals surface area contributed by atoms with Gasteiger partial charge in [-0.3, -0.25) is 4.68 Å². The maximum Gasteiger partial charge on any atom is 0.165 e. The van der Waals surface area contributed by atoms with E-state index in [4.69, 9.17) is 4.74 Å². The van der Waals surface area contributed by atoms with Gasteiger partial charge < -0.3 is 10.1 Å². The number of nitrogens with zero attached hydrogens (tertiary/aromatic N) is 2. The van der Waals surface area contributed by atoms with Gasteiger partial charge in [-0.1, -0.05) is 6.92 Å². The Hall–Kier alpha value is -1.88. The maximum atomic E-state index is 13.8. The van der Waals surface area contributed by atoms with Gasteiger partial charge in [0.1, 0.15) is 11.6 Å². The second kappa shape index (κ2) is 6.05. The summed E-state index contributed by atoms with van der Waals surface area (Å²) in [5.41, 5.74) is 1.37. The van der Waals surface area contributed by atoms with E-state index in [2.05, 4.69) is 10.4 Å². The van der Waals surface area contributed by atoms with Crippen LogP contribution in [0.3, 0.4) is 0 Å². The highest BCUT2D eigenvalue weighted by molar-refractivity contribution is 5.42. The molecule has 1 unspecified atom stereocenters. The summed E-state index contributed by atoms with van der Waals surface area (Å²) in [6, 6.07) is 3.28. The number of rotatable bonds is 5. The molecule has 0 fully saturated rings. The molecule has 2 aromatic rings. The molecule has 108 valence electrons. The Balaban J connectivity index is 2.36. The standard InChI is InChI=1S/C15H20FN3O/c1-5-17-11(3)13-7-14(16)10(2)6-15(13)20-12-8-18-19(4)9-12/h6-9,11,17H,5H2,1-4H3. The zero-order valence-corrected chi connectivity index (χ0v) is 12.3. The molecule has 0 saturated carbocycles. The van der Waals surface area contributed by atoms with Gasteiger partial charge in [-0.25, -0.2) is 4.39 Å². The quantitative estimate of drug-likeness (QED) is 0.911. The van der Waals surface area contributed by atoms with Crippen molar-refractivity contribution in [3.05, 3.63) is 41.5 Å². The highest BCUT2D eigenvalue weighted by Crippen LogP contribution is 2.31. The molecule has 1 aromatic heterocycles. The third kappa shape index (κ3) is 3.17. The van der Waals surface area contributed by atoms with Crippen LogP contribution < -0.4 is 10.1 Å². The summed E-state index contributed by atoms with van der Waals surface area (Å²) in [6.45, 7) is 6.54. The van der Waals surface area contributed by atoms with E-state index in [1.54, 1.807) is 30.1 Å². The van der Waals surface area contributed by atoms with Gasteiger partial charge in [-0.05, 0) is 38.1 Å². The number of aryl methyl sites for hydroxylation is 2. The van der Waals surface area contributed by atoms with Crippen LogP contribution in [0.2, 0.25) is 0 Å². The van der Waals surface area contributed by atoms with Crippen LogP contribution in [-0.4, -0.2) is 16.3 Å². The molecule has 0 radical (unpaired) electrons. The fraction of sp³-hybridized carbons (Fsp3) is 0.400. The Morgan fingerprint density at radius 2 is 2.20 bits per heavy atom. The predicted octanol–water partition coefficient (Wildman–Crippen LogP) is 3.33. The van der Waals surface area contributed by atoms with Crippen LogP contribution >= 0.6 is 0 Å². The number of aromatic nitrogens is 2. The molecule has 1 N–H and O–H groups in total. The van der Waals surface area contributed by atoms with E-state index in [9.17, 15) is 4.39 Å². The monoisotopic (exact) mass is 277 g/mol. The lowest BCUT2D eigenvalue weighted by molar-refractivity contribution is 0.458. The van der Waals surface area contributed by atoms with Crippen molar-refractivity contribution < 1.29 is 9.13 Å². The van der Waals surface area contributed by atoms with Crippen molar-refractivity contribution in [2.45, 2.75) is 26.8 Å². The zero-order valence-electron chi connectivity index (χ0n) is 12.3. The molecule has 0 aliphatic rings. The number of halogens is 1. The number of hydrogen-bond donors (Lipinski definition) is 1. The molecule has 0 saturated heterocycles. The lowest BCUT2D eigenvalue weighted by Crippen LogP contribution is -2.18. The van der Waals surface area contributed by atoms with Gasteiger partial charge in [0.25, 0.3) is 0 Å². The van der Waals surface area contributed by atoms with E-state index in [0.29, 0.717) is 17.1 Å². The molecule has 0 spiro atoms. The molecular formula is C15H20FN3O. The van der Waals surface area contributed by atoms with E-state index in [1.165, 1.54) is 6.07 Å². The third-order valence-electron chi connectivity index (χ3n) is 3.18. The number of ether oxygens (including phenoxy) is 1. The van der Waals surface area contributed by atoms with Crippen LogP contribution in [0.1, 0.15) is 31.0 Å². The molecule has 1 aromatic carbocycles. The van der Waals surface area contributed by atoms with Gasteiger partial charge in [0.2, 0.25) is 0 Å². The lowest BCUT2D eigenvalue weighted by atomic mass is 10.0. The smallest absolute Gasteiger partial charge is 0.165 e. The maximum absolute atomic E-state index is 13.8. The lowest BCUT2D eigenvalue weighted by Gasteiger charge is -2.18. The minimum absolute atomic E-state index is 0.0155. The van der Waals surface area contributed by atoms with Crippen LogP contribution in [0.4, 0.5) is 4.39 Å². The molecule has 0 bridgehead atoms. The Labute approximate surface area is 118 Å². The van der Waals surface area contributed by atoms with Gasteiger partial charge in [0.05, 0.1) is 12.4 Å². The van der Waals surface area contributed by atoms with Crippen LogP contribution in [-0.2, 0) is 7.05 Å². The number of nitrogens with one attached hydrogen (secondary N) is 1. The van der Waals surface area contributed by atoms with Crippen molar-refractivity contribution in [1.82, 2.24) is 15.1 Å². The topological polar surface area (TPSA) is 39.1 Å². The minimum atomic E-state index is -0.219. The Morgan fingerprint density at radius 1 is 1.45 bits per heavy atom. The normalized spacial score (nSPS) is 12.4. The summed E-state index contributed by atoms with van der Waals surface area (Å²) in [4.78, 5) is 0. The largest absolute Gasteiger partial charge is 0.454 e. The minimum Gasteiger partial charge on any atom is -0.454 e. The second-order valence-corrected chi connectivity index (χ2v) is 4.87. The van der Waals surface area contributed by atoms with Gasteiger partial charge in [-0.2, -0.15) is 5.10 Å². The van der Waals surface area contributed by atoms with Crippen molar-refractivity contribution in [1.29, 1.82) is 0 Å². The average Bonchev–Trinajstić information content (AvgIpc) is 2.79. The molecule has 1 atom stereocenters. The van der Waals surface area contributed by atoms with Crippen LogP contribution in [0.5, 0.6) is 11.5 Å². The fourth-order valence-electron chi connectivity index (χ4n) is 2.09. The first-order valence-corrected chi connectivity index (χ1v) is 6.71. The molecule has 1 heterocycles. The molecule has 5 heteroatoms. The Bertz CT molecular complexity index is 595. The van der Waals surface area contributed by atoms with E-state index >= 15 is 0 Å². The fourth-order valence-corrected chi connectivity index (χ4v) is 2.09. The van der Waals surface area contributed by atoms with Crippen molar-refractivity contribution >= 4 is 0 Å². The van der Waals surface area contributed by atoms with E-state index in [1.807, 2.05) is 20.9 Å². The first-order valence-electron chi connectivity index (χ1n) is 6.71. The summed E-state index contributed by atoms with van der Waals surface area (Å²) in [7, 11) is 1.82. The highest BCUT2D eigenvalue weighted by Gasteiger charge is 2.15. The molecule has 0 aliphatic carbocycles. The van der Waals surface area contributed by atoms with Gasteiger partial charge in [-0.15, -0.1) is 0 Å². The first kappa shape index (κ1) is 14.5. The van der Waals surface area contributed by atoms with Gasteiger partial charge >= 0.3 is 0 Å². The van der Waals surface area contributed by atoms with Crippen molar-refractivity contribution in [3.63, 3.8) is 0 Å².